The first-order valence-corrected chi connectivity index (χ1v) is 11.5. The Labute approximate surface area is 168 Å². The molecular formula is C22H30N2O3S. The van der Waals surface area contributed by atoms with E-state index >= 15 is 0 Å². The van der Waals surface area contributed by atoms with Crippen molar-refractivity contribution in [2.45, 2.75) is 46.1 Å². The van der Waals surface area contributed by atoms with Crippen molar-refractivity contribution in [2.75, 3.05) is 17.1 Å². The lowest BCUT2D eigenvalue weighted by Crippen LogP contribution is -2.33. The molecule has 0 unspecified atom stereocenters. The lowest BCUT2D eigenvalue weighted by atomic mass is 10.0. The summed E-state index contributed by atoms with van der Waals surface area (Å²) >= 11 is 0. The quantitative estimate of drug-likeness (QED) is 0.686. The molecule has 1 amide bonds. The van der Waals surface area contributed by atoms with Gasteiger partial charge in [0.2, 0.25) is 15.9 Å². The number of anilines is 1. The summed E-state index contributed by atoms with van der Waals surface area (Å²) in [5.74, 6) is -0.0652. The molecule has 0 aliphatic rings. The van der Waals surface area contributed by atoms with Gasteiger partial charge in [0.05, 0.1) is 18.0 Å². The van der Waals surface area contributed by atoms with Crippen LogP contribution in [-0.4, -0.2) is 27.1 Å². The molecule has 0 saturated carbocycles. The van der Waals surface area contributed by atoms with Gasteiger partial charge in [-0.15, -0.1) is 0 Å². The van der Waals surface area contributed by atoms with Crippen molar-refractivity contribution in [2.24, 2.45) is 0 Å². The Bertz CT molecular complexity index is 875. The third kappa shape index (κ3) is 6.37. The molecule has 152 valence electrons. The number of hydrogen-bond donors (Lipinski definition) is 1. The minimum atomic E-state index is -3.42. The number of carbonyl (C=O) groups is 1. The number of benzene rings is 2. The summed E-state index contributed by atoms with van der Waals surface area (Å²) in [5, 5.41) is 3.05. The summed E-state index contributed by atoms with van der Waals surface area (Å²) in [7, 11) is -3.42. The highest BCUT2D eigenvalue weighted by Crippen LogP contribution is 2.22. The second-order valence-corrected chi connectivity index (χ2v) is 9.13. The van der Waals surface area contributed by atoms with Crippen LogP contribution in [0.5, 0.6) is 0 Å². The zero-order valence-corrected chi connectivity index (χ0v) is 17.9. The molecule has 0 aliphatic carbocycles. The monoisotopic (exact) mass is 402 g/mol. The number of nitrogens with one attached hydrogen (secondary N) is 1. The minimum Gasteiger partial charge on any atom is -0.349 e. The van der Waals surface area contributed by atoms with E-state index in [2.05, 4.69) is 5.32 Å². The van der Waals surface area contributed by atoms with Crippen molar-refractivity contribution in [1.82, 2.24) is 5.32 Å². The van der Waals surface area contributed by atoms with Gasteiger partial charge < -0.3 is 5.32 Å². The van der Waals surface area contributed by atoms with Crippen molar-refractivity contribution in [3.63, 3.8) is 0 Å². The van der Waals surface area contributed by atoms with Crippen molar-refractivity contribution >= 4 is 21.6 Å². The van der Waals surface area contributed by atoms with Crippen LogP contribution in [-0.2, 0) is 14.8 Å². The SMILES string of the molecule is CC[C@H](NC(=O)CCCN(c1cc(C)cc(C)c1)S(C)(=O)=O)c1ccccc1. The highest BCUT2D eigenvalue weighted by Gasteiger charge is 2.19. The molecule has 6 heteroatoms. The first-order valence-electron chi connectivity index (χ1n) is 9.61. The fourth-order valence-corrected chi connectivity index (χ4v) is 4.29. The van der Waals surface area contributed by atoms with Crippen LogP contribution in [0.15, 0.2) is 48.5 Å². The molecule has 0 heterocycles. The summed E-state index contributed by atoms with van der Waals surface area (Å²) in [4.78, 5) is 12.4. The maximum absolute atomic E-state index is 12.4. The van der Waals surface area contributed by atoms with Crippen molar-refractivity contribution in [1.29, 1.82) is 0 Å². The summed E-state index contributed by atoms with van der Waals surface area (Å²) in [6.07, 6.45) is 2.73. The lowest BCUT2D eigenvalue weighted by Gasteiger charge is -2.23. The Morgan fingerprint density at radius 2 is 1.68 bits per heavy atom. The predicted molar refractivity (Wildman–Crippen MR) is 115 cm³/mol. The van der Waals surface area contributed by atoms with Crippen LogP contribution in [0.1, 0.15) is 48.9 Å². The summed E-state index contributed by atoms with van der Waals surface area (Å²) in [6, 6.07) is 15.6. The van der Waals surface area contributed by atoms with Gasteiger partial charge in [0.1, 0.15) is 0 Å². The molecule has 28 heavy (non-hydrogen) atoms. The van der Waals surface area contributed by atoms with Gasteiger partial charge >= 0.3 is 0 Å². The number of nitrogens with zero attached hydrogens (tertiary/aromatic N) is 1. The summed E-state index contributed by atoms with van der Waals surface area (Å²) in [5.41, 5.74) is 3.74. The van der Waals surface area contributed by atoms with Gasteiger partial charge in [0.25, 0.3) is 0 Å². The molecule has 1 atom stereocenters. The van der Waals surface area contributed by atoms with E-state index in [0.29, 0.717) is 12.1 Å². The molecule has 1 N–H and O–H groups in total. The lowest BCUT2D eigenvalue weighted by molar-refractivity contribution is -0.121. The van der Waals surface area contributed by atoms with E-state index in [1.165, 1.54) is 10.6 Å². The van der Waals surface area contributed by atoms with E-state index in [1.807, 2.05) is 69.3 Å². The van der Waals surface area contributed by atoms with E-state index in [1.54, 1.807) is 0 Å². The van der Waals surface area contributed by atoms with Gasteiger partial charge in [-0.3, -0.25) is 9.10 Å². The van der Waals surface area contributed by atoms with Crippen molar-refractivity contribution < 1.29 is 13.2 Å². The number of aryl methyl sites for hydroxylation is 2. The largest absolute Gasteiger partial charge is 0.349 e. The van der Waals surface area contributed by atoms with Crippen LogP contribution in [0.2, 0.25) is 0 Å². The molecule has 0 radical (unpaired) electrons. The third-order valence-electron chi connectivity index (χ3n) is 4.61. The number of hydrogen-bond acceptors (Lipinski definition) is 3. The molecule has 2 aromatic carbocycles. The molecule has 0 spiro atoms. The van der Waals surface area contributed by atoms with Gasteiger partial charge in [0.15, 0.2) is 0 Å². The van der Waals surface area contributed by atoms with Gasteiger partial charge in [-0.05, 0) is 55.5 Å². The van der Waals surface area contributed by atoms with E-state index in [0.717, 1.165) is 23.1 Å². The molecular weight excluding hydrogens is 372 g/mol. The van der Waals surface area contributed by atoms with Gasteiger partial charge in [-0.2, -0.15) is 0 Å². The smallest absolute Gasteiger partial charge is 0.232 e. The average Bonchev–Trinajstić information content (AvgIpc) is 2.62. The Kier molecular flexibility index (Phi) is 7.63. The highest BCUT2D eigenvalue weighted by atomic mass is 32.2. The predicted octanol–water partition coefficient (Wildman–Crippen LogP) is 4.12. The highest BCUT2D eigenvalue weighted by molar-refractivity contribution is 7.92. The van der Waals surface area contributed by atoms with Crippen LogP contribution in [0.3, 0.4) is 0 Å². The zero-order valence-electron chi connectivity index (χ0n) is 17.1. The molecule has 0 aromatic heterocycles. The second-order valence-electron chi connectivity index (χ2n) is 7.22. The van der Waals surface area contributed by atoms with Crippen LogP contribution in [0, 0.1) is 13.8 Å². The van der Waals surface area contributed by atoms with Crippen molar-refractivity contribution in [3.8, 4) is 0 Å². The number of sulfonamides is 1. The standard InChI is InChI=1S/C22H30N2O3S/c1-5-21(19-10-7-6-8-11-19)23-22(25)12-9-13-24(28(4,26)27)20-15-17(2)14-18(3)16-20/h6-8,10-11,14-16,21H,5,9,12-13H2,1-4H3,(H,23,25)/t21-/m0/s1. The third-order valence-corrected chi connectivity index (χ3v) is 5.80. The average molecular weight is 403 g/mol. The Morgan fingerprint density at radius 3 is 2.21 bits per heavy atom. The molecule has 0 aliphatic heterocycles. The Morgan fingerprint density at radius 1 is 1.07 bits per heavy atom. The van der Waals surface area contributed by atoms with Crippen LogP contribution >= 0.6 is 0 Å². The molecule has 2 rings (SSSR count). The topological polar surface area (TPSA) is 66.5 Å². The first-order chi connectivity index (χ1) is 13.2. The van der Waals surface area contributed by atoms with E-state index in [4.69, 9.17) is 0 Å². The summed E-state index contributed by atoms with van der Waals surface area (Å²) in [6.45, 7) is 6.19. The van der Waals surface area contributed by atoms with Gasteiger partial charge in [-0.1, -0.05) is 43.3 Å². The number of amides is 1. The second kappa shape index (κ2) is 9.73. The molecule has 2 aromatic rings. The number of rotatable bonds is 9. The van der Waals surface area contributed by atoms with E-state index in [9.17, 15) is 13.2 Å². The molecule has 0 saturated heterocycles. The van der Waals surface area contributed by atoms with Crippen LogP contribution in [0.25, 0.3) is 0 Å². The van der Waals surface area contributed by atoms with Gasteiger partial charge in [-0.25, -0.2) is 8.42 Å². The maximum Gasteiger partial charge on any atom is 0.232 e. The van der Waals surface area contributed by atoms with Gasteiger partial charge in [0, 0.05) is 13.0 Å². The Balaban J connectivity index is 1.99. The van der Waals surface area contributed by atoms with Crippen molar-refractivity contribution in [3.05, 3.63) is 65.2 Å². The molecule has 0 bridgehead atoms. The summed E-state index contributed by atoms with van der Waals surface area (Å²) < 4.78 is 25.9. The van der Waals surface area contributed by atoms with E-state index < -0.39 is 10.0 Å². The fourth-order valence-electron chi connectivity index (χ4n) is 3.34. The first kappa shape index (κ1) is 22.0. The van der Waals surface area contributed by atoms with E-state index in [-0.39, 0.29) is 24.9 Å². The zero-order chi connectivity index (χ0) is 20.7. The maximum atomic E-state index is 12.4. The fraction of sp³-hybridized carbons (Fsp3) is 0.409. The molecule has 5 nitrogen and oxygen atoms in total. The number of carbonyl (C=O) groups excluding carboxylic acids is 1. The molecule has 0 fully saturated rings. The van der Waals surface area contributed by atoms with Crippen LogP contribution in [0.4, 0.5) is 5.69 Å². The Hall–Kier alpha value is -2.34. The van der Waals surface area contributed by atoms with Crippen LogP contribution < -0.4 is 9.62 Å². The minimum absolute atomic E-state index is 0.0286. The normalized spacial score (nSPS) is 12.4.